The van der Waals surface area contributed by atoms with E-state index in [9.17, 15) is 9.59 Å². The number of aryl methyl sites for hydroxylation is 2. The molecule has 6 heteroatoms. The SMILES string of the molecule is Cc1cc(C)n(-c2ccc(C(=O)N(CC(=O)O)CC(C)C)cc2)n1. The number of benzene rings is 1. The fraction of sp³-hybridized carbons (Fsp3) is 0.389. The lowest BCUT2D eigenvalue weighted by Crippen LogP contribution is -2.38. The van der Waals surface area contributed by atoms with Crippen molar-refractivity contribution in [2.45, 2.75) is 27.7 Å². The highest BCUT2D eigenvalue weighted by atomic mass is 16.4. The summed E-state index contributed by atoms with van der Waals surface area (Å²) in [5.41, 5.74) is 3.28. The number of hydrogen-bond acceptors (Lipinski definition) is 3. The summed E-state index contributed by atoms with van der Waals surface area (Å²) in [6.07, 6.45) is 0. The zero-order valence-corrected chi connectivity index (χ0v) is 14.5. The Balaban J connectivity index is 2.23. The van der Waals surface area contributed by atoms with Crippen molar-refractivity contribution >= 4 is 11.9 Å². The third-order valence-electron chi connectivity index (χ3n) is 3.57. The molecular weight excluding hydrogens is 306 g/mol. The molecule has 0 saturated carbocycles. The summed E-state index contributed by atoms with van der Waals surface area (Å²) in [5.74, 6) is -1.09. The predicted molar refractivity (Wildman–Crippen MR) is 91.4 cm³/mol. The highest BCUT2D eigenvalue weighted by Gasteiger charge is 2.19. The number of rotatable bonds is 6. The Labute approximate surface area is 141 Å². The molecule has 0 unspecified atom stereocenters. The Morgan fingerprint density at radius 2 is 1.83 bits per heavy atom. The Morgan fingerprint density at radius 3 is 2.29 bits per heavy atom. The molecule has 1 amide bonds. The standard InChI is InChI=1S/C18H23N3O3/c1-12(2)10-20(11-17(22)23)18(24)15-5-7-16(8-6-15)21-14(4)9-13(3)19-21/h5-9,12H,10-11H2,1-4H3,(H,22,23). The van der Waals surface area contributed by atoms with Crippen molar-refractivity contribution in [2.75, 3.05) is 13.1 Å². The number of carbonyl (C=O) groups excluding carboxylic acids is 1. The van der Waals surface area contributed by atoms with E-state index < -0.39 is 5.97 Å². The molecule has 1 N–H and O–H groups in total. The van der Waals surface area contributed by atoms with Crippen LogP contribution in [0.3, 0.4) is 0 Å². The summed E-state index contributed by atoms with van der Waals surface area (Å²) in [7, 11) is 0. The summed E-state index contributed by atoms with van der Waals surface area (Å²) in [6.45, 7) is 7.91. The van der Waals surface area contributed by atoms with Crippen LogP contribution in [-0.2, 0) is 4.79 Å². The maximum absolute atomic E-state index is 12.6. The van der Waals surface area contributed by atoms with Crippen LogP contribution in [0.5, 0.6) is 0 Å². The highest BCUT2D eigenvalue weighted by molar-refractivity contribution is 5.96. The van der Waals surface area contributed by atoms with Gasteiger partial charge in [-0.25, -0.2) is 4.68 Å². The van der Waals surface area contributed by atoms with Crippen LogP contribution in [0.1, 0.15) is 35.6 Å². The van der Waals surface area contributed by atoms with E-state index in [0.29, 0.717) is 12.1 Å². The van der Waals surface area contributed by atoms with E-state index in [4.69, 9.17) is 5.11 Å². The predicted octanol–water partition coefficient (Wildman–Crippen LogP) is 2.67. The Morgan fingerprint density at radius 1 is 1.21 bits per heavy atom. The molecule has 1 heterocycles. The molecule has 24 heavy (non-hydrogen) atoms. The van der Waals surface area contributed by atoms with Crippen molar-refractivity contribution in [3.63, 3.8) is 0 Å². The number of carboxylic acids is 1. The minimum atomic E-state index is -1.01. The van der Waals surface area contributed by atoms with Crippen LogP contribution in [0.15, 0.2) is 30.3 Å². The van der Waals surface area contributed by atoms with Crippen molar-refractivity contribution < 1.29 is 14.7 Å². The van der Waals surface area contributed by atoms with E-state index in [1.807, 2.05) is 50.6 Å². The molecule has 0 fully saturated rings. The first-order valence-corrected chi connectivity index (χ1v) is 7.92. The number of hydrogen-bond donors (Lipinski definition) is 1. The van der Waals surface area contributed by atoms with Gasteiger partial charge in [-0.15, -0.1) is 0 Å². The molecule has 1 aromatic carbocycles. The smallest absolute Gasteiger partial charge is 0.323 e. The van der Waals surface area contributed by atoms with Crippen LogP contribution >= 0.6 is 0 Å². The Kier molecular flexibility index (Phi) is 5.39. The summed E-state index contributed by atoms with van der Waals surface area (Å²) in [6, 6.07) is 9.05. The third kappa shape index (κ3) is 4.22. The second-order valence-electron chi connectivity index (χ2n) is 6.36. The first-order chi connectivity index (χ1) is 11.3. The number of aromatic nitrogens is 2. The first-order valence-electron chi connectivity index (χ1n) is 7.92. The summed E-state index contributed by atoms with van der Waals surface area (Å²) < 4.78 is 1.81. The van der Waals surface area contributed by atoms with E-state index in [-0.39, 0.29) is 18.4 Å². The number of amides is 1. The molecule has 0 aliphatic carbocycles. The zero-order chi connectivity index (χ0) is 17.9. The summed E-state index contributed by atoms with van der Waals surface area (Å²) >= 11 is 0. The van der Waals surface area contributed by atoms with Crippen molar-refractivity contribution in [1.29, 1.82) is 0 Å². The van der Waals surface area contributed by atoms with Crippen molar-refractivity contribution in [1.82, 2.24) is 14.7 Å². The molecule has 1 aromatic heterocycles. The van der Waals surface area contributed by atoms with Crippen LogP contribution in [0.2, 0.25) is 0 Å². The average Bonchev–Trinajstić information content (AvgIpc) is 2.84. The topological polar surface area (TPSA) is 75.4 Å². The molecule has 0 bridgehead atoms. The zero-order valence-electron chi connectivity index (χ0n) is 14.5. The number of carboxylic acid groups (broad SMARTS) is 1. The molecule has 0 aliphatic heterocycles. The van der Waals surface area contributed by atoms with Crippen LogP contribution in [-0.4, -0.2) is 44.8 Å². The van der Waals surface area contributed by atoms with Gasteiger partial charge in [0.05, 0.1) is 11.4 Å². The Bertz CT molecular complexity index is 732. The lowest BCUT2D eigenvalue weighted by molar-refractivity contribution is -0.137. The van der Waals surface area contributed by atoms with Crippen LogP contribution in [0.4, 0.5) is 0 Å². The molecule has 2 rings (SSSR count). The monoisotopic (exact) mass is 329 g/mol. The maximum atomic E-state index is 12.6. The lowest BCUT2D eigenvalue weighted by Gasteiger charge is -2.22. The van der Waals surface area contributed by atoms with Crippen molar-refractivity contribution in [2.24, 2.45) is 5.92 Å². The number of nitrogens with zero attached hydrogens (tertiary/aromatic N) is 3. The maximum Gasteiger partial charge on any atom is 0.323 e. The average molecular weight is 329 g/mol. The van der Waals surface area contributed by atoms with Gasteiger partial charge >= 0.3 is 5.97 Å². The molecule has 0 saturated heterocycles. The summed E-state index contributed by atoms with van der Waals surface area (Å²) in [5, 5.41) is 13.4. The highest BCUT2D eigenvalue weighted by Crippen LogP contribution is 2.15. The molecule has 6 nitrogen and oxygen atoms in total. The van der Waals surface area contributed by atoms with Gasteiger partial charge in [0.25, 0.3) is 5.91 Å². The molecule has 0 spiro atoms. The fourth-order valence-corrected chi connectivity index (χ4v) is 2.64. The largest absolute Gasteiger partial charge is 0.480 e. The van der Waals surface area contributed by atoms with E-state index in [0.717, 1.165) is 17.1 Å². The van der Waals surface area contributed by atoms with Gasteiger partial charge in [-0.2, -0.15) is 5.10 Å². The molecule has 0 radical (unpaired) electrons. The van der Waals surface area contributed by atoms with Gasteiger partial charge in [0.2, 0.25) is 0 Å². The van der Waals surface area contributed by atoms with Gasteiger partial charge in [0.1, 0.15) is 6.54 Å². The van der Waals surface area contributed by atoms with E-state index >= 15 is 0 Å². The lowest BCUT2D eigenvalue weighted by atomic mass is 10.1. The second kappa shape index (κ2) is 7.29. The normalized spacial score (nSPS) is 10.9. The van der Waals surface area contributed by atoms with E-state index in [1.54, 1.807) is 12.1 Å². The summed E-state index contributed by atoms with van der Waals surface area (Å²) in [4.78, 5) is 24.9. The van der Waals surface area contributed by atoms with E-state index in [1.165, 1.54) is 4.90 Å². The molecule has 2 aromatic rings. The second-order valence-corrected chi connectivity index (χ2v) is 6.36. The molecule has 0 aliphatic rings. The van der Waals surface area contributed by atoms with Crippen molar-refractivity contribution in [3.05, 3.63) is 47.3 Å². The minimum Gasteiger partial charge on any atom is -0.480 e. The van der Waals surface area contributed by atoms with E-state index in [2.05, 4.69) is 5.10 Å². The van der Waals surface area contributed by atoms with Gasteiger partial charge < -0.3 is 10.0 Å². The fourth-order valence-electron chi connectivity index (χ4n) is 2.64. The Hall–Kier alpha value is -2.63. The number of aliphatic carboxylic acids is 1. The number of carbonyl (C=O) groups is 2. The van der Waals surface area contributed by atoms with Gasteiger partial charge in [0, 0.05) is 17.8 Å². The van der Waals surface area contributed by atoms with Gasteiger partial charge in [0.15, 0.2) is 0 Å². The van der Waals surface area contributed by atoms with Crippen LogP contribution in [0.25, 0.3) is 5.69 Å². The molecule has 128 valence electrons. The molecular formula is C18H23N3O3. The van der Waals surface area contributed by atoms with Crippen LogP contribution in [0, 0.1) is 19.8 Å². The van der Waals surface area contributed by atoms with Gasteiger partial charge in [-0.3, -0.25) is 9.59 Å². The van der Waals surface area contributed by atoms with Gasteiger partial charge in [-0.1, -0.05) is 13.8 Å². The molecule has 0 atom stereocenters. The minimum absolute atomic E-state index is 0.197. The quantitative estimate of drug-likeness (QED) is 0.884. The van der Waals surface area contributed by atoms with Crippen molar-refractivity contribution in [3.8, 4) is 5.69 Å². The third-order valence-corrected chi connectivity index (χ3v) is 3.57. The van der Waals surface area contributed by atoms with Gasteiger partial charge in [-0.05, 0) is 50.1 Å². The van der Waals surface area contributed by atoms with Crippen LogP contribution < -0.4 is 0 Å². The first kappa shape index (κ1) is 17.7.